The summed E-state index contributed by atoms with van der Waals surface area (Å²) in [6, 6.07) is 21.7. The van der Waals surface area contributed by atoms with E-state index in [2.05, 4.69) is 40.1 Å². The van der Waals surface area contributed by atoms with Gasteiger partial charge in [0.1, 0.15) is 11.5 Å². The van der Waals surface area contributed by atoms with Gasteiger partial charge in [0.2, 0.25) is 0 Å². The van der Waals surface area contributed by atoms with Crippen molar-refractivity contribution in [2.45, 2.75) is 29.7 Å². The number of Topliss-reactive ketones (excluding diaryl/α,β-unsaturated/α-hetero) is 2. The fourth-order valence-corrected chi connectivity index (χ4v) is 5.42. The molecule has 0 unspecified atom stereocenters. The number of carbonyl (C=O) groups is 2. The van der Waals surface area contributed by atoms with Crippen molar-refractivity contribution in [1.82, 2.24) is 9.80 Å². The minimum atomic E-state index is 0. The van der Waals surface area contributed by atoms with Crippen LogP contribution in [-0.4, -0.2) is 54.1 Å². The van der Waals surface area contributed by atoms with Crippen LogP contribution in [0.2, 0.25) is 0 Å². The van der Waals surface area contributed by atoms with Gasteiger partial charge in [-0.15, -0.1) is 24.8 Å². The highest BCUT2D eigenvalue weighted by atomic mass is 35.5. The fourth-order valence-electron chi connectivity index (χ4n) is 4.39. The standard InChI is InChI=1S/C28H28N2O3S.2ClH/c1-20(31)22-7-9-25-27(17-22)34-28-18-23(8-10-26(28)33-25)24(32)11-12-29-13-15-30(16-14-29)19-21-5-3-2-4-6-21;;/h2-10,17-18H,11-16,19H2,1H3;2*1H. The summed E-state index contributed by atoms with van der Waals surface area (Å²) in [7, 11) is 0. The van der Waals surface area contributed by atoms with Gasteiger partial charge in [-0.05, 0) is 48.9 Å². The van der Waals surface area contributed by atoms with E-state index in [1.165, 1.54) is 5.56 Å². The van der Waals surface area contributed by atoms with Crippen molar-refractivity contribution >= 4 is 48.1 Å². The molecule has 190 valence electrons. The van der Waals surface area contributed by atoms with Gasteiger partial charge in [-0.2, -0.15) is 0 Å². The molecule has 2 aliphatic rings. The fraction of sp³-hybridized carbons (Fsp3) is 0.286. The van der Waals surface area contributed by atoms with Crippen LogP contribution in [0.25, 0.3) is 0 Å². The number of benzene rings is 3. The molecule has 0 aromatic heterocycles. The summed E-state index contributed by atoms with van der Waals surface area (Å²) in [5, 5.41) is 0. The Kier molecular flexibility index (Phi) is 10.00. The van der Waals surface area contributed by atoms with E-state index in [1.807, 2.05) is 30.3 Å². The van der Waals surface area contributed by atoms with E-state index >= 15 is 0 Å². The van der Waals surface area contributed by atoms with E-state index in [0.29, 0.717) is 17.5 Å². The zero-order valence-corrected chi connectivity index (χ0v) is 22.6. The zero-order chi connectivity index (χ0) is 23.5. The summed E-state index contributed by atoms with van der Waals surface area (Å²) < 4.78 is 6.00. The van der Waals surface area contributed by atoms with Crippen molar-refractivity contribution in [2.75, 3.05) is 32.7 Å². The maximum atomic E-state index is 12.9. The Bertz CT molecular complexity index is 1210. The van der Waals surface area contributed by atoms with Crippen LogP contribution in [0.15, 0.2) is 76.5 Å². The van der Waals surface area contributed by atoms with Crippen molar-refractivity contribution in [3.8, 4) is 11.5 Å². The molecule has 36 heavy (non-hydrogen) atoms. The average Bonchev–Trinajstić information content (AvgIpc) is 2.86. The van der Waals surface area contributed by atoms with Crippen LogP contribution in [-0.2, 0) is 6.54 Å². The highest BCUT2D eigenvalue weighted by Gasteiger charge is 2.22. The Hall–Kier alpha value is -2.35. The van der Waals surface area contributed by atoms with Crippen LogP contribution < -0.4 is 4.74 Å². The molecule has 1 saturated heterocycles. The number of fused-ring (bicyclic) bond motifs is 2. The second-order valence-electron chi connectivity index (χ2n) is 8.86. The minimum Gasteiger partial charge on any atom is -0.455 e. The van der Waals surface area contributed by atoms with E-state index in [-0.39, 0.29) is 36.4 Å². The largest absolute Gasteiger partial charge is 0.455 e. The molecular weight excluding hydrogens is 515 g/mol. The molecule has 0 spiro atoms. The first kappa shape index (κ1) is 28.2. The molecule has 2 heterocycles. The normalized spacial score (nSPS) is 14.9. The first-order valence-electron chi connectivity index (χ1n) is 11.7. The van der Waals surface area contributed by atoms with Crippen LogP contribution >= 0.6 is 36.6 Å². The van der Waals surface area contributed by atoms with Gasteiger partial charge in [0.05, 0.1) is 9.79 Å². The Morgan fingerprint density at radius 2 is 1.39 bits per heavy atom. The topological polar surface area (TPSA) is 49.9 Å². The second-order valence-corrected chi connectivity index (χ2v) is 9.94. The molecule has 8 heteroatoms. The highest BCUT2D eigenvalue weighted by molar-refractivity contribution is 7.99. The van der Waals surface area contributed by atoms with Gasteiger partial charge < -0.3 is 9.64 Å². The van der Waals surface area contributed by atoms with Crippen LogP contribution in [0.1, 0.15) is 39.6 Å². The number of halogens is 2. The summed E-state index contributed by atoms with van der Waals surface area (Å²) in [4.78, 5) is 31.3. The quantitative estimate of drug-likeness (QED) is 0.251. The summed E-state index contributed by atoms with van der Waals surface area (Å²) in [5.74, 6) is 1.67. The molecule has 0 amide bonds. The van der Waals surface area contributed by atoms with Gasteiger partial charge in [-0.1, -0.05) is 42.1 Å². The molecule has 5 nitrogen and oxygen atoms in total. The number of hydrogen-bond acceptors (Lipinski definition) is 6. The van der Waals surface area contributed by atoms with Crippen molar-refractivity contribution in [2.24, 2.45) is 0 Å². The molecule has 2 aliphatic heterocycles. The minimum absolute atomic E-state index is 0. The lowest BCUT2D eigenvalue weighted by molar-refractivity contribution is 0.0922. The molecule has 0 bridgehead atoms. The summed E-state index contributed by atoms with van der Waals surface area (Å²) >= 11 is 1.55. The molecular formula is C28H30Cl2N2O3S. The van der Waals surface area contributed by atoms with E-state index in [9.17, 15) is 9.59 Å². The monoisotopic (exact) mass is 544 g/mol. The molecule has 0 saturated carbocycles. The molecule has 0 aliphatic carbocycles. The van der Waals surface area contributed by atoms with Gasteiger partial charge in [0, 0.05) is 56.8 Å². The van der Waals surface area contributed by atoms with Gasteiger partial charge in [0.25, 0.3) is 0 Å². The summed E-state index contributed by atoms with van der Waals surface area (Å²) in [6.07, 6.45) is 0.508. The number of carbonyl (C=O) groups excluding carboxylic acids is 2. The van der Waals surface area contributed by atoms with E-state index < -0.39 is 0 Å². The number of nitrogens with zero attached hydrogens (tertiary/aromatic N) is 2. The van der Waals surface area contributed by atoms with E-state index in [1.54, 1.807) is 24.8 Å². The molecule has 5 rings (SSSR count). The maximum absolute atomic E-state index is 12.9. The zero-order valence-electron chi connectivity index (χ0n) is 20.1. The predicted molar refractivity (Wildman–Crippen MR) is 149 cm³/mol. The third kappa shape index (κ3) is 6.69. The van der Waals surface area contributed by atoms with Gasteiger partial charge in [-0.3, -0.25) is 14.5 Å². The molecule has 3 aromatic carbocycles. The molecule has 1 fully saturated rings. The van der Waals surface area contributed by atoms with Gasteiger partial charge in [-0.25, -0.2) is 0 Å². The highest BCUT2D eigenvalue weighted by Crippen LogP contribution is 2.47. The van der Waals surface area contributed by atoms with Crippen LogP contribution in [0, 0.1) is 0 Å². The van der Waals surface area contributed by atoms with Crippen LogP contribution in [0.3, 0.4) is 0 Å². The molecule has 3 aromatic rings. The molecule has 0 radical (unpaired) electrons. The lowest BCUT2D eigenvalue weighted by Crippen LogP contribution is -2.46. The first-order valence-corrected chi connectivity index (χ1v) is 12.5. The van der Waals surface area contributed by atoms with Gasteiger partial charge in [0.15, 0.2) is 11.6 Å². The number of piperazine rings is 1. The Balaban J connectivity index is 0.00000180. The lowest BCUT2D eigenvalue weighted by atomic mass is 10.1. The number of ether oxygens (including phenoxy) is 1. The lowest BCUT2D eigenvalue weighted by Gasteiger charge is -2.34. The number of hydrogen-bond donors (Lipinski definition) is 0. The van der Waals surface area contributed by atoms with Crippen molar-refractivity contribution in [3.63, 3.8) is 0 Å². The number of rotatable bonds is 7. The van der Waals surface area contributed by atoms with Crippen LogP contribution in [0.4, 0.5) is 0 Å². The molecule has 0 atom stereocenters. The Morgan fingerprint density at radius 3 is 2.03 bits per heavy atom. The SMILES string of the molecule is CC(=O)c1ccc2c(c1)Sc1cc(C(=O)CCN3CCN(Cc4ccccc4)CC3)ccc1O2.Cl.Cl. The predicted octanol–water partition coefficient (Wildman–Crippen LogP) is 6.38. The first-order chi connectivity index (χ1) is 16.5. The second kappa shape index (κ2) is 12.7. The summed E-state index contributed by atoms with van der Waals surface area (Å²) in [6.45, 7) is 7.36. The third-order valence-electron chi connectivity index (χ3n) is 6.42. The maximum Gasteiger partial charge on any atom is 0.164 e. The summed E-state index contributed by atoms with van der Waals surface area (Å²) in [5.41, 5.74) is 2.72. The number of ketones is 2. The Morgan fingerprint density at radius 1 is 0.806 bits per heavy atom. The third-order valence-corrected chi connectivity index (χ3v) is 7.50. The van der Waals surface area contributed by atoms with Crippen molar-refractivity contribution in [3.05, 3.63) is 83.4 Å². The van der Waals surface area contributed by atoms with Crippen molar-refractivity contribution in [1.29, 1.82) is 0 Å². The van der Waals surface area contributed by atoms with E-state index in [0.717, 1.165) is 60.6 Å². The molecule has 0 N–H and O–H groups in total. The Labute approximate surface area is 229 Å². The average molecular weight is 546 g/mol. The van der Waals surface area contributed by atoms with Crippen LogP contribution in [0.5, 0.6) is 11.5 Å². The van der Waals surface area contributed by atoms with Gasteiger partial charge >= 0.3 is 0 Å². The van der Waals surface area contributed by atoms with Crippen molar-refractivity contribution < 1.29 is 14.3 Å². The van der Waals surface area contributed by atoms with E-state index in [4.69, 9.17) is 4.74 Å². The smallest absolute Gasteiger partial charge is 0.164 e.